The van der Waals surface area contributed by atoms with Crippen LogP contribution in [0.1, 0.15) is 56.2 Å². The zero-order valence-corrected chi connectivity index (χ0v) is 20.2. The molecule has 3 fully saturated rings. The lowest BCUT2D eigenvalue weighted by atomic mass is 9.79. The van der Waals surface area contributed by atoms with E-state index in [1.165, 1.54) is 30.2 Å². The Labute approximate surface area is 204 Å². The van der Waals surface area contributed by atoms with Crippen molar-refractivity contribution in [3.8, 4) is 11.4 Å². The number of aromatic nitrogens is 5. The van der Waals surface area contributed by atoms with Crippen LogP contribution in [-0.4, -0.2) is 57.7 Å². The molecule has 2 N–H and O–H groups in total. The summed E-state index contributed by atoms with van der Waals surface area (Å²) in [6.07, 6.45) is 11.6. The van der Waals surface area contributed by atoms with E-state index < -0.39 is 0 Å². The van der Waals surface area contributed by atoms with Crippen LogP contribution in [0.25, 0.3) is 33.3 Å². The minimum Gasteiger partial charge on any atom is -0.369 e. The number of H-pyrrole nitrogens is 1. The molecule has 0 amide bonds. The number of fused-ring (bicyclic) bond motifs is 2. The van der Waals surface area contributed by atoms with Crippen molar-refractivity contribution in [1.82, 2.24) is 30.2 Å². The Morgan fingerprint density at radius 3 is 2.77 bits per heavy atom. The lowest BCUT2D eigenvalue weighted by molar-refractivity contribution is 0.0138. The van der Waals surface area contributed by atoms with Crippen molar-refractivity contribution >= 4 is 27.8 Å². The summed E-state index contributed by atoms with van der Waals surface area (Å²) in [5, 5.41) is 5.69. The SMILES string of the molecule is CC1(c2cc3c(-c4nc(N5CCNCC5)c5c(C6CCC6)cncc5n4)ccnc3[nH]2)CCCO1. The highest BCUT2D eigenvalue weighted by Gasteiger charge is 2.34. The van der Waals surface area contributed by atoms with Crippen molar-refractivity contribution in [2.45, 2.75) is 50.5 Å². The maximum atomic E-state index is 6.10. The van der Waals surface area contributed by atoms with Crippen molar-refractivity contribution in [2.24, 2.45) is 0 Å². The monoisotopic (exact) mass is 469 g/mol. The molecule has 1 atom stereocenters. The Morgan fingerprint density at radius 1 is 1.11 bits per heavy atom. The molecular weight excluding hydrogens is 438 g/mol. The lowest BCUT2D eigenvalue weighted by Gasteiger charge is -2.32. The zero-order valence-electron chi connectivity index (χ0n) is 20.2. The number of hydrogen-bond acceptors (Lipinski definition) is 7. The van der Waals surface area contributed by atoms with Crippen LogP contribution < -0.4 is 10.2 Å². The van der Waals surface area contributed by atoms with E-state index in [1.54, 1.807) is 0 Å². The number of nitrogens with one attached hydrogen (secondary N) is 2. The van der Waals surface area contributed by atoms with Gasteiger partial charge in [-0.05, 0) is 56.2 Å². The molecule has 3 aliphatic rings. The fourth-order valence-corrected chi connectivity index (χ4v) is 5.84. The van der Waals surface area contributed by atoms with Gasteiger partial charge in [-0.25, -0.2) is 15.0 Å². The minimum atomic E-state index is -0.296. The molecule has 4 aromatic heterocycles. The average molecular weight is 470 g/mol. The van der Waals surface area contributed by atoms with E-state index >= 15 is 0 Å². The van der Waals surface area contributed by atoms with Gasteiger partial charge in [-0.2, -0.15) is 0 Å². The largest absolute Gasteiger partial charge is 0.369 e. The summed E-state index contributed by atoms with van der Waals surface area (Å²) < 4.78 is 6.10. The molecule has 1 aliphatic carbocycles. The molecule has 0 spiro atoms. The quantitative estimate of drug-likeness (QED) is 0.461. The third-order valence-corrected chi connectivity index (χ3v) is 8.14. The molecule has 1 saturated carbocycles. The number of hydrogen-bond donors (Lipinski definition) is 2. The van der Waals surface area contributed by atoms with Crippen LogP contribution in [0, 0.1) is 0 Å². The van der Waals surface area contributed by atoms with Crippen molar-refractivity contribution < 1.29 is 4.74 Å². The number of anilines is 1. The number of rotatable bonds is 4. The van der Waals surface area contributed by atoms with E-state index in [0.717, 1.165) is 85.1 Å². The lowest BCUT2D eigenvalue weighted by Crippen LogP contribution is -2.44. The number of ether oxygens (including phenoxy) is 1. The molecule has 6 heterocycles. The van der Waals surface area contributed by atoms with Crippen molar-refractivity contribution in [3.05, 3.63) is 42.0 Å². The van der Waals surface area contributed by atoms with Crippen LogP contribution in [0.15, 0.2) is 30.7 Å². The van der Waals surface area contributed by atoms with Crippen LogP contribution in [-0.2, 0) is 10.3 Å². The highest BCUT2D eigenvalue weighted by atomic mass is 16.5. The predicted molar refractivity (Wildman–Crippen MR) is 137 cm³/mol. The Balaban J connectivity index is 1.42. The topological polar surface area (TPSA) is 91.9 Å². The maximum absolute atomic E-state index is 6.10. The van der Waals surface area contributed by atoms with E-state index in [2.05, 4.69) is 38.2 Å². The van der Waals surface area contributed by atoms with Gasteiger partial charge >= 0.3 is 0 Å². The molecule has 0 radical (unpaired) electrons. The Hall–Kier alpha value is -3.10. The van der Waals surface area contributed by atoms with E-state index in [0.29, 0.717) is 5.92 Å². The normalized spacial score (nSPS) is 23.3. The van der Waals surface area contributed by atoms with Crippen LogP contribution in [0.2, 0.25) is 0 Å². The number of piperazine rings is 1. The van der Waals surface area contributed by atoms with Gasteiger partial charge in [0, 0.05) is 67.2 Å². The van der Waals surface area contributed by atoms with Gasteiger partial charge in [0.25, 0.3) is 0 Å². The van der Waals surface area contributed by atoms with Gasteiger partial charge in [0.2, 0.25) is 0 Å². The van der Waals surface area contributed by atoms with E-state index in [9.17, 15) is 0 Å². The van der Waals surface area contributed by atoms with Gasteiger partial charge in [0.1, 0.15) is 17.1 Å². The van der Waals surface area contributed by atoms with Crippen molar-refractivity contribution in [2.75, 3.05) is 37.7 Å². The van der Waals surface area contributed by atoms with Gasteiger partial charge in [-0.1, -0.05) is 6.42 Å². The fraction of sp³-hybridized carbons (Fsp3) is 0.481. The number of pyridine rings is 2. The standard InChI is InChI=1S/C27H31N7O/c1-27(7-3-13-35-27)22-14-19-18(6-8-30-24(19)32-22)25-31-21-16-29-15-20(17-4-2-5-17)23(21)26(33-25)34-11-9-28-10-12-34/h6,8,14-17,28H,2-5,7,9-13H2,1H3,(H,30,32). The molecule has 8 nitrogen and oxygen atoms in total. The highest BCUT2D eigenvalue weighted by molar-refractivity contribution is 5.97. The molecule has 35 heavy (non-hydrogen) atoms. The van der Waals surface area contributed by atoms with Crippen molar-refractivity contribution in [1.29, 1.82) is 0 Å². The first-order chi connectivity index (χ1) is 17.2. The predicted octanol–water partition coefficient (Wildman–Crippen LogP) is 4.27. The summed E-state index contributed by atoms with van der Waals surface area (Å²) in [5.41, 5.74) is 4.86. The molecule has 0 bridgehead atoms. The Kier molecular flexibility index (Phi) is 4.99. The summed E-state index contributed by atoms with van der Waals surface area (Å²) >= 11 is 0. The molecule has 7 rings (SSSR count). The molecule has 1 unspecified atom stereocenters. The molecule has 4 aromatic rings. The summed E-state index contributed by atoms with van der Waals surface area (Å²) in [5.74, 6) is 2.34. The summed E-state index contributed by atoms with van der Waals surface area (Å²) in [4.78, 5) is 25.5. The van der Waals surface area contributed by atoms with Gasteiger partial charge in [0.05, 0.1) is 11.7 Å². The summed E-state index contributed by atoms with van der Waals surface area (Å²) in [6, 6.07) is 4.22. The summed E-state index contributed by atoms with van der Waals surface area (Å²) in [6.45, 7) is 6.76. The van der Waals surface area contributed by atoms with Crippen molar-refractivity contribution in [3.63, 3.8) is 0 Å². The van der Waals surface area contributed by atoms with Gasteiger partial charge in [-0.3, -0.25) is 4.98 Å². The second kappa shape index (κ2) is 8.24. The second-order valence-electron chi connectivity index (χ2n) is 10.3. The van der Waals surface area contributed by atoms with E-state index in [-0.39, 0.29) is 5.60 Å². The van der Waals surface area contributed by atoms with Crippen LogP contribution >= 0.6 is 0 Å². The molecular formula is C27H31N7O. The maximum Gasteiger partial charge on any atom is 0.163 e. The van der Waals surface area contributed by atoms with Gasteiger partial charge < -0.3 is 19.9 Å². The first kappa shape index (κ1) is 21.2. The van der Waals surface area contributed by atoms with E-state index in [1.807, 2.05) is 24.7 Å². The molecule has 8 heteroatoms. The molecule has 0 aromatic carbocycles. The van der Waals surface area contributed by atoms with E-state index in [4.69, 9.17) is 14.7 Å². The third kappa shape index (κ3) is 3.50. The molecule has 2 aliphatic heterocycles. The van der Waals surface area contributed by atoms with Crippen LogP contribution in [0.3, 0.4) is 0 Å². The molecule has 180 valence electrons. The number of aromatic amines is 1. The van der Waals surface area contributed by atoms with Crippen LogP contribution in [0.5, 0.6) is 0 Å². The number of nitrogens with zero attached hydrogens (tertiary/aromatic N) is 5. The van der Waals surface area contributed by atoms with Gasteiger partial charge in [0.15, 0.2) is 5.82 Å². The fourth-order valence-electron chi connectivity index (χ4n) is 5.84. The molecule has 2 saturated heterocycles. The average Bonchev–Trinajstić information content (AvgIpc) is 3.50. The highest BCUT2D eigenvalue weighted by Crippen LogP contribution is 2.43. The summed E-state index contributed by atoms with van der Waals surface area (Å²) in [7, 11) is 0. The second-order valence-corrected chi connectivity index (χ2v) is 10.3. The third-order valence-electron chi connectivity index (χ3n) is 8.14. The first-order valence-corrected chi connectivity index (χ1v) is 12.9. The zero-order chi connectivity index (χ0) is 23.4. The first-order valence-electron chi connectivity index (χ1n) is 12.9. The minimum absolute atomic E-state index is 0.296. The van der Waals surface area contributed by atoms with Gasteiger partial charge in [-0.15, -0.1) is 0 Å². The van der Waals surface area contributed by atoms with Crippen LogP contribution in [0.4, 0.5) is 5.82 Å². The Bertz CT molecular complexity index is 1400. The smallest absolute Gasteiger partial charge is 0.163 e. The Morgan fingerprint density at radius 2 is 2.00 bits per heavy atom.